The Labute approximate surface area is 157 Å². The molecule has 0 radical (unpaired) electrons. The summed E-state index contributed by atoms with van der Waals surface area (Å²) in [5.41, 5.74) is 3.14. The summed E-state index contributed by atoms with van der Waals surface area (Å²) in [5.74, 6) is 1.68. The molecular weight excluding hydrogens is 340 g/mol. The number of hydrogen-bond donors (Lipinski definition) is 1. The molecule has 2 aliphatic heterocycles. The van der Waals surface area contributed by atoms with Crippen molar-refractivity contribution >= 4 is 11.3 Å². The van der Waals surface area contributed by atoms with Gasteiger partial charge in [0.05, 0.1) is 13.3 Å². The van der Waals surface area contributed by atoms with Gasteiger partial charge in [-0.25, -0.2) is 9.50 Å². The molecule has 5 rings (SSSR count). The van der Waals surface area contributed by atoms with E-state index in [0.29, 0.717) is 28.9 Å². The molecule has 0 saturated carbocycles. The van der Waals surface area contributed by atoms with Crippen LogP contribution in [0.3, 0.4) is 0 Å². The minimum Gasteiger partial charge on any atom is -0.494 e. The number of methoxy groups -OCH3 is 1. The summed E-state index contributed by atoms with van der Waals surface area (Å²) in [6.45, 7) is 2.07. The Morgan fingerprint density at radius 3 is 2.67 bits per heavy atom. The Morgan fingerprint density at radius 1 is 1.19 bits per heavy atom. The van der Waals surface area contributed by atoms with Crippen molar-refractivity contribution in [1.29, 1.82) is 5.26 Å². The third-order valence-corrected chi connectivity index (χ3v) is 5.64. The molecule has 0 amide bonds. The molecule has 2 aliphatic rings. The Balaban J connectivity index is 1.51. The molecule has 7 heteroatoms. The molecule has 2 unspecified atom stereocenters. The van der Waals surface area contributed by atoms with Gasteiger partial charge in [0.25, 0.3) is 0 Å². The number of nitrogens with zero attached hydrogens (tertiary/aromatic N) is 5. The highest BCUT2D eigenvalue weighted by Gasteiger charge is 2.37. The van der Waals surface area contributed by atoms with E-state index in [4.69, 9.17) is 9.72 Å². The van der Waals surface area contributed by atoms with E-state index in [0.717, 1.165) is 30.0 Å². The van der Waals surface area contributed by atoms with Crippen molar-refractivity contribution in [1.82, 2.24) is 19.9 Å². The second-order valence-electron chi connectivity index (χ2n) is 7.12. The first kappa shape index (κ1) is 16.1. The van der Waals surface area contributed by atoms with Gasteiger partial charge in [0.1, 0.15) is 28.7 Å². The maximum Gasteiger partial charge on any atom is 0.146 e. The summed E-state index contributed by atoms with van der Waals surface area (Å²) in [5, 5.41) is 17.0. The largest absolute Gasteiger partial charge is 0.494 e. The van der Waals surface area contributed by atoms with E-state index in [1.165, 1.54) is 12.8 Å². The predicted octanol–water partition coefficient (Wildman–Crippen LogP) is 2.22. The van der Waals surface area contributed by atoms with Crippen LogP contribution in [-0.4, -0.2) is 46.9 Å². The van der Waals surface area contributed by atoms with Crippen LogP contribution in [0.4, 0.5) is 5.82 Å². The molecule has 7 nitrogen and oxygen atoms in total. The molecule has 3 aromatic rings. The zero-order chi connectivity index (χ0) is 18.4. The van der Waals surface area contributed by atoms with Crippen LogP contribution in [0.1, 0.15) is 18.4 Å². The van der Waals surface area contributed by atoms with Crippen molar-refractivity contribution in [3.05, 3.63) is 42.4 Å². The Morgan fingerprint density at radius 2 is 2.00 bits per heavy atom. The zero-order valence-corrected chi connectivity index (χ0v) is 15.1. The van der Waals surface area contributed by atoms with Crippen LogP contribution < -0.4 is 15.0 Å². The molecule has 2 bridgehead atoms. The van der Waals surface area contributed by atoms with E-state index in [2.05, 4.69) is 33.5 Å². The molecule has 3 aromatic heterocycles. The first-order valence-corrected chi connectivity index (χ1v) is 9.19. The van der Waals surface area contributed by atoms with Crippen molar-refractivity contribution in [3.8, 4) is 22.9 Å². The van der Waals surface area contributed by atoms with Gasteiger partial charge in [0.2, 0.25) is 0 Å². The lowest BCUT2D eigenvalue weighted by Crippen LogP contribution is -2.52. The third kappa shape index (κ3) is 2.53. The van der Waals surface area contributed by atoms with Crippen LogP contribution in [0, 0.1) is 11.3 Å². The molecule has 2 fully saturated rings. The molecule has 27 heavy (non-hydrogen) atoms. The molecular formula is C20H20N6O. The lowest BCUT2D eigenvalue weighted by molar-refractivity contribution is 0.417. The quantitative estimate of drug-likeness (QED) is 0.772. The topological polar surface area (TPSA) is 78.5 Å². The first-order chi connectivity index (χ1) is 13.3. The van der Waals surface area contributed by atoms with Gasteiger partial charge in [-0.05, 0) is 31.0 Å². The Kier molecular flexibility index (Phi) is 3.73. The number of ether oxygens (including phenoxy) is 1. The third-order valence-electron chi connectivity index (χ3n) is 5.64. The molecule has 2 saturated heterocycles. The average molecular weight is 360 g/mol. The Hall–Kier alpha value is -3.11. The molecule has 2 atom stereocenters. The van der Waals surface area contributed by atoms with Gasteiger partial charge >= 0.3 is 0 Å². The number of nitriles is 1. The van der Waals surface area contributed by atoms with Gasteiger partial charge in [-0.2, -0.15) is 10.4 Å². The van der Waals surface area contributed by atoms with Crippen molar-refractivity contribution in [2.75, 3.05) is 25.1 Å². The first-order valence-electron chi connectivity index (χ1n) is 9.19. The van der Waals surface area contributed by atoms with Gasteiger partial charge in [-0.3, -0.25) is 0 Å². The minimum atomic E-state index is 0.501. The van der Waals surface area contributed by atoms with Crippen LogP contribution in [0.15, 0.2) is 36.8 Å². The lowest BCUT2D eigenvalue weighted by atomic mass is 10.1. The van der Waals surface area contributed by atoms with E-state index in [-0.39, 0.29) is 0 Å². The number of fused-ring (bicyclic) bond motifs is 3. The van der Waals surface area contributed by atoms with E-state index >= 15 is 0 Å². The maximum atomic E-state index is 9.26. The molecule has 5 heterocycles. The number of piperazine rings is 1. The summed E-state index contributed by atoms with van der Waals surface area (Å²) in [4.78, 5) is 7.22. The Bertz CT molecular complexity index is 1020. The molecule has 0 spiro atoms. The van der Waals surface area contributed by atoms with Crippen molar-refractivity contribution < 1.29 is 4.74 Å². The summed E-state index contributed by atoms with van der Waals surface area (Å²) in [6, 6.07) is 9.39. The van der Waals surface area contributed by atoms with Gasteiger partial charge in [0.15, 0.2) is 0 Å². The molecule has 136 valence electrons. The summed E-state index contributed by atoms with van der Waals surface area (Å²) in [6.07, 6.45) is 7.84. The monoisotopic (exact) mass is 360 g/mol. The van der Waals surface area contributed by atoms with E-state index in [1.807, 2.05) is 18.5 Å². The summed E-state index contributed by atoms with van der Waals surface area (Å²) >= 11 is 0. The number of hydrogen-bond acceptors (Lipinski definition) is 6. The number of pyridine rings is 2. The summed E-state index contributed by atoms with van der Waals surface area (Å²) < 4.78 is 7.19. The van der Waals surface area contributed by atoms with Gasteiger partial charge in [0, 0.05) is 48.7 Å². The van der Waals surface area contributed by atoms with E-state index in [9.17, 15) is 5.26 Å². The molecule has 0 aromatic carbocycles. The molecule has 1 N–H and O–H groups in total. The van der Waals surface area contributed by atoms with Gasteiger partial charge < -0.3 is 15.0 Å². The number of anilines is 1. The maximum absolute atomic E-state index is 9.26. The SMILES string of the molecule is COc1cc(-c2ccc(N3C4CCC3CNC4)nc2)cn2ncc(C#N)c12. The van der Waals surface area contributed by atoms with Crippen molar-refractivity contribution in [2.45, 2.75) is 24.9 Å². The smallest absolute Gasteiger partial charge is 0.146 e. The van der Waals surface area contributed by atoms with E-state index in [1.54, 1.807) is 17.8 Å². The highest BCUT2D eigenvalue weighted by molar-refractivity contribution is 5.75. The minimum absolute atomic E-state index is 0.501. The highest BCUT2D eigenvalue weighted by atomic mass is 16.5. The summed E-state index contributed by atoms with van der Waals surface area (Å²) in [7, 11) is 1.61. The number of rotatable bonds is 3. The fourth-order valence-electron chi connectivity index (χ4n) is 4.34. The van der Waals surface area contributed by atoms with Crippen LogP contribution in [-0.2, 0) is 0 Å². The second-order valence-corrected chi connectivity index (χ2v) is 7.12. The fourth-order valence-corrected chi connectivity index (χ4v) is 4.34. The average Bonchev–Trinajstić information content (AvgIpc) is 3.24. The van der Waals surface area contributed by atoms with Gasteiger partial charge in [-0.15, -0.1) is 0 Å². The highest BCUT2D eigenvalue weighted by Crippen LogP contribution is 2.33. The van der Waals surface area contributed by atoms with Gasteiger partial charge in [-0.1, -0.05) is 0 Å². The van der Waals surface area contributed by atoms with Crippen LogP contribution in [0.5, 0.6) is 5.75 Å². The van der Waals surface area contributed by atoms with Crippen molar-refractivity contribution in [2.24, 2.45) is 0 Å². The zero-order valence-electron chi connectivity index (χ0n) is 15.1. The second kappa shape index (κ2) is 6.25. The number of aromatic nitrogens is 3. The standard InChI is InChI=1S/C20H20N6O/c1-27-18-6-14(12-25-20(18)15(7-21)9-24-25)13-2-5-19(23-8-13)26-16-3-4-17(26)11-22-10-16/h2,5-6,8-9,12,16-17,22H,3-4,10-11H2,1H3. The van der Waals surface area contributed by atoms with Crippen LogP contribution in [0.2, 0.25) is 0 Å². The van der Waals surface area contributed by atoms with E-state index < -0.39 is 0 Å². The lowest BCUT2D eigenvalue weighted by Gasteiger charge is -2.36. The van der Waals surface area contributed by atoms with Crippen molar-refractivity contribution in [3.63, 3.8) is 0 Å². The predicted molar refractivity (Wildman–Crippen MR) is 102 cm³/mol. The number of nitrogens with one attached hydrogen (secondary N) is 1. The van der Waals surface area contributed by atoms with Crippen LogP contribution >= 0.6 is 0 Å². The fraction of sp³-hybridized carbons (Fsp3) is 0.350. The molecule has 0 aliphatic carbocycles. The normalized spacial score (nSPS) is 21.4. The van der Waals surface area contributed by atoms with Crippen LogP contribution in [0.25, 0.3) is 16.6 Å².